The highest BCUT2D eigenvalue weighted by Crippen LogP contribution is 2.18. The highest BCUT2D eigenvalue weighted by molar-refractivity contribution is 5.36. The van der Waals surface area contributed by atoms with Crippen LogP contribution < -0.4 is 15.4 Å². The van der Waals surface area contributed by atoms with E-state index in [-0.39, 0.29) is 0 Å². The Kier molecular flexibility index (Phi) is 8.21. The van der Waals surface area contributed by atoms with Gasteiger partial charge in [-0.3, -0.25) is 0 Å². The molecule has 108 valence electrons. The van der Waals surface area contributed by atoms with E-state index >= 15 is 0 Å². The molecule has 0 amide bonds. The maximum atomic E-state index is 5.32. The SMILES string of the molecule is COCCNCCCNCc1ccc(C)c(OC)c1. The Labute approximate surface area is 116 Å². The lowest BCUT2D eigenvalue weighted by Gasteiger charge is -2.09. The van der Waals surface area contributed by atoms with Crippen molar-refractivity contribution in [3.8, 4) is 5.75 Å². The fraction of sp³-hybridized carbons (Fsp3) is 0.600. The van der Waals surface area contributed by atoms with Gasteiger partial charge < -0.3 is 20.1 Å². The Balaban J connectivity index is 2.12. The number of methoxy groups -OCH3 is 2. The maximum Gasteiger partial charge on any atom is 0.122 e. The molecule has 0 unspecified atom stereocenters. The first-order valence-electron chi connectivity index (χ1n) is 6.82. The van der Waals surface area contributed by atoms with Crippen LogP contribution in [-0.4, -0.2) is 40.5 Å². The largest absolute Gasteiger partial charge is 0.496 e. The molecule has 4 nitrogen and oxygen atoms in total. The lowest BCUT2D eigenvalue weighted by Crippen LogP contribution is -2.24. The van der Waals surface area contributed by atoms with Crippen LogP contribution in [0.1, 0.15) is 17.5 Å². The number of rotatable bonds is 10. The van der Waals surface area contributed by atoms with Crippen molar-refractivity contribution >= 4 is 0 Å². The second kappa shape index (κ2) is 9.78. The normalized spacial score (nSPS) is 10.7. The van der Waals surface area contributed by atoms with Crippen molar-refractivity contribution in [2.75, 3.05) is 40.5 Å². The minimum Gasteiger partial charge on any atom is -0.496 e. The van der Waals surface area contributed by atoms with Crippen LogP contribution in [0.25, 0.3) is 0 Å². The molecule has 0 aliphatic heterocycles. The van der Waals surface area contributed by atoms with Gasteiger partial charge in [0.1, 0.15) is 5.75 Å². The number of nitrogens with one attached hydrogen (secondary N) is 2. The van der Waals surface area contributed by atoms with Gasteiger partial charge in [0.2, 0.25) is 0 Å². The van der Waals surface area contributed by atoms with E-state index in [0.717, 1.165) is 45.0 Å². The Hall–Kier alpha value is -1.10. The molecule has 0 fully saturated rings. The molecule has 1 rings (SSSR count). The highest BCUT2D eigenvalue weighted by Gasteiger charge is 1.99. The zero-order chi connectivity index (χ0) is 13.9. The molecular weight excluding hydrogens is 240 g/mol. The summed E-state index contributed by atoms with van der Waals surface area (Å²) in [5.41, 5.74) is 2.43. The van der Waals surface area contributed by atoms with Crippen molar-refractivity contribution in [2.24, 2.45) is 0 Å². The van der Waals surface area contributed by atoms with Gasteiger partial charge >= 0.3 is 0 Å². The van der Waals surface area contributed by atoms with Gasteiger partial charge in [-0.15, -0.1) is 0 Å². The molecule has 2 N–H and O–H groups in total. The maximum absolute atomic E-state index is 5.32. The van der Waals surface area contributed by atoms with Crippen LogP contribution in [0.2, 0.25) is 0 Å². The van der Waals surface area contributed by atoms with E-state index in [2.05, 4.69) is 35.8 Å². The summed E-state index contributed by atoms with van der Waals surface area (Å²) in [7, 11) is 3.43. The van der Waals surface area contributed by atoms with Crippen LogP contribution in [0.15, 0.2) is 18.2 Å². The van der Waals surface area contributed by atoms with Crippen molar-refractivity contribution in [1.29, 1.82) is 0 Å². The molecule has 0 spiro atoms. The standard InChI is InChI=1S/C15H26N2O2/c1-13-5-6-14(11-15(13)19-3)12-17-8-4-7-16-9-10-18-2/h5-6,11,16-17H,4,7-10,12H2,1-3H3. The summed E-state index contributed by atoms with van der Waals surface area (Å²) in [6.45, 7) is 6.67. The molecule has 0 bridgehead atoms. The smallest absolute Gasteiger partial charge is 0.122 e. The van der Waals surface area contributed by atoms with Gasteiger partial charge in [0.25, 0.3) is 0 Å². The molecule has 0 atom stereocenters. The third-order valence-corrected chi connectivity index (χ3v) is 2.99. The van der Waals surface area contributed by atoms with E-state index in [1.807, 2.05) is 0 Å². The van der Waals surface area contributed by atoms with E-state index in [0.29, 0.717) is 0 Å². The summed E-state index contributed by atoms with van der Waals surface area (Å²) in [4.78, 5) is 0. The third-order valence-electron chi connectivity index (χ3n) is 2.99. The van der Waals surface area contributed by atoms with Crippen molar-refractivity contribution in [1.82, 2.24) is 10.6 Å². The highest BCUT2D eigenvalue weighted by atomic mass is 16.5. The van der Waals surface area contributed by atoms with Crippen molar-refractivity contribution in [3.63, 3.8) is 0 Å². The number of aryl methyl sites for hydroxylation is 1. The Bertz CT molecular complexity index is 356. The lowest BCUT2D eigenvalue weighted by atomic mass is 10.1. The van der Waals surface area contributed by atoms with Crippen LogP contribution in [0.3, 0.4) is 0 Å². The molecule has 0 saturated carbocycles. The van der Waals surface area contributed by atoms with E-state index < -0.39 is 0 Å². The van der Waals surface area contributed by atoms with E-state index in [9.17, 15) is 0 Å². The van der Waals surface area contributed by atoms with Gasteiger partial charge in [-0.2, -0.15) is 0 Å². The van der Waals surface area contributed by atoms with Gasteiger partial charge in [0.15, 0.2) is 0 Å². The fourth-order valence-corrected chi connectivity index (χ4v) is 1.84. The van der Waals surface area contributed by atoms with E-state index in [1.165, 1.54) is 11.1 Å². The fourth-order valence-electron chi connectivity index (χ4n) is 1.84. The molecule has 1 aromatic carbocycles. The van der Waals surface area contributed by atoms with Crippen molar-refractivity contribution < 1.29 is 9.47 Å². The van der Waals surface area contributed by atoms with Gasteiger partial charge in [0, 0.05) is 20.2 Å². The van der Waals surface area contributed by atoms with Crippen LogP contribution in [0.5, 0.6) is 5.75 Å². The lowest BCUT2D eigenvalue weighted by molar-refractivity contribution is 0.199. The molecule has 4 heteroatoms. The van der Waals surface area contributed by atoms with Crippen LogP contribution in [-0.2, 0) is 11.3 Å². The number of hydrogen-bond acceptors (Lipinski definition) is 4. The molecule has 0 radical (unpaired) electrons. The molecule has 0 aliphatic rings. The summed E-state index contributed by atoms with van der Waals surface area (Å²) in [6.07, 6.45) is 1.12. The second-order valence-corrected chi connectivity index (χ2v) is 4.58. The zero-order valence-electron chi connectivity index (χ0n) is 12.3. The molecular formula is C15H26N2O2. The molecule has 0 saturated heterocycles. The molecule has 0 aromatic heterocycles. The summed E-state index contributed by atoms with van der Waals surface area (Å²) in [5, 5.41) is 6.76. The zero-order valence-corrected chi connectivity index (χ0v) is 12.3. The van der Waals surface area contributed by atoms with Crippen LogP contribution >= 0.6 is 0 Å². The second-order valence-electron chi connectivity index (χ2n) is 4.58. The van der Waals surface area contributed by atoms with Crippen LogP contribution in [0.4, 0.5) is 0 Å². The molecule has 19 heavy (non-hydrogen) atoms. The molecule has 0 aliphatic carbocycles. The topological polar surface area (TPSA) is 42.5 Å². The molecule has 1 aromatic rings. The first-order chi connectivity index (χ1) is 9.27. The summed E-state index contributed by atoms with van der Waals surface area (Å²) in [6, 6.07) is 6.34. The Morgan fingerprint density at radius 1 is 1.05 bits per heavy atom. The monoisotopic (exact) mass is 266 g/mol. The minimum atomic E-state index is 0.774. The average Bonchev–Trinajstić information content (AvgIpc) is 2.43. The number of benzene rings is 1. The van der Waals surface area contributed by atoms with Crippen molar-refractivity contribution in [2.45, 2.75) is 19.9 Å². The first-order valence-corrected chi connectivity index (χ1v) is 6.82. The third kappa shape index (κ3) is 6.57. The van der Waals surface area contributed by atoms with Gasteiger partial charge in [-0.25, -0.2) is 0 Å². The quantitative estimate of drug-likeness (QED) is 0.633. The average molecular weight is 266 g/mol. The summed E-state index contributed by atoms with van der Waals surface area (Å²) >= 11 is 0. The van der Waals surface area contributed by atoms with Gasteiger partial charge in [-0.05, 0) is 43.6 Å². The Morgan fingerprint density at radius 3 is 2.58 bits per heavy atom. The number of hydrogen-bond donors (Lipinski definition) is 2. The number of ether oxygens (including phenoxy) is 2. The summed E-state index contributed by atoms with van der Waals surface area (Å²) in [5.74, 6) is 0.959. The van der Waals surface area contributed by atoms with E-state index in [1.54, 1.807) is 14.2 Å². The molecule has 0 heterocycles. The summed E-state index contributed by atoms with van der Waals surface area (Å²) < 4.78 is 10.3. The Morgan fingerprint density at radius 2 is 1.84 bits per heavy atom. The van der Waals surface area contributed by atoms with Gasteiger partial charge in [0.05, 0.1) is 13.7 Å². The first kappa shape index (κ1) is 16.0. The predicted molar refractivity (Wildman–Crippen MR) is 78.8 cm³/mol. The van der Waals surface area contributed by atoms with Crippen LogP contribution in [0, 0.1) is 6.92 Å². The minimum absolute atomic E-state index is 0.774. The van der Waals surface area contributed by atoms with Crippen molar-refractivity contribution in [3.05, 3.63) is 29.3 Å². The predicted octanol–water partition coefficient (Wildman–Crippen LogP) is 1.72. The van der Waals surface area contributed by atoms with E-state index in [4.69, 9.17) is 9.47 Å². The van der Waals surface area contributed by atoms with Gasteiger partial charge in [-0.1, -0.05) is 12.1 Å².